The summed E-state index contributed by atoms with van der Waals surface area (Å²) in [6, 6.07) is 8.50. The first-order valence-corrected chi connectivity index (χ1v) is 4.62. The maximum Gasteiger partial charge on any atom is 0.0587 e. The molecule has 11 heavy (non-hydrogen) atoms. The Morgan fingerprint density at radius 1 is 1.27 bits per heavy atom. The smallest absolute Gasteiger partial charge is 0.0587 e. The molecule has 1 unspecified atom stereocenters. The van der Waals surface area contributed by atoms with Crippen LogP contribution in [-0.4, -0.2) is 0 Å². The molecule has 0 spiro atoms. The molecule has 0 nitrogen and oxygen atoms in total. The van der Waals surface area contributed by atoms with Gasteiger partial charge in [-0.3, -0.25) is 0 Å². The van der Waals surface area contributed by atoms with Crippen LogP contribution in [0.5, 0.6) is 0 Å². The Balaban J connectivity index is 2.62. The molecule has 1 aromatic rings. The lowest BCUT2D eigenvalue weighted by molar-refractivity contribution is 1.29. The third kappa shape index (κ3) is 1.04. The topological polar surface area (TPSA) is 0 Å². The van der Waals surface area contributed by atoms with Crippen LogP contribution < -0.4 is 0 Å². The fraction of sp³-hybridized carbons (Fsp3) is 0.200. The van der Waals surface area contributed by atoms with Crippen LogP contribution in [0.2, 0.25) is 0 Å². The van der Waals surface area contributed by atoms with Crippen LogP contribution in [0.15, 0.2) is 30.3 Å². The number of alkyl halides is 1. The molecule has 1 aliphatic rings. The van der Waals surface area contributed by atoms with Gasteiger partial charge in [-0.15, -0.1) is 0 Å². The highest BCUT2D eigenvalue weighted by Gasteiger charge is 2.16. The van der Waals surface area contributed by atoms with Gasteiger partial charge in [-0.25, -0.2) is 0 Å². The Kier molecular flexibility index (Phi) is 1.61. The SMILES string of the molecule is CC1=CC(Br)c2ccccc21. The van der Waals surface area contributed by atoms with E-state index in [2.05, 4.69) is 53.2 Å². The van der Waals surface area contributed by atoms with Crippen molar-refractivity contribution < 1.29 is 0 Å². The monoisotopic (exact) mass is 208 g/mol. The molecular weight excluding hydrogens is 200 g/mol. The van der Waals surface area contributed by atoms with E-state index in [9.17, 15) is 0 Å². The molecular formula is C10H9Br. The van der Waals surface area contributed by atoms with Gasteiger partial charge in [-0.1, -0.05) is 46.3 Å². The van der Waals surface area contributed by atoms with Gasteiger partial charge in [-0.2, -0.15) is 0 Å². The van der Waals surface area contributed by atoms with Gasteiger partial charge in [0.15, 0.2) is 0 Å². The van der Waals surface area contributed by atoms with Crippen molar-refractivity contribution in [2.24, 2.45) is 0 Å². The predicted octanol–water partition coefficient (Wildman–Crippen LogP) is 3.54. The van der Waals surface area contributed by atoms with Crippen LogP contribution in [0.25, 0.3) is 5.57 Å². The second-order valence-corrected chi connectivity index (χ2v) is 3.83. The predicted molar refractivity (Wildman–Crippen MR) is 51.8 cm³/mol. The molecule has 0 aromatic heterocycles. The quantitative estimate of drug-likeness (QED) is 0.573. The summed E-state index contributed by atoms with van der Waals surface area (Å²) < 4.78 is 0. The summed E-state index contributed by atoms with van der Waals surface area (Å²) in [4.78, 5) is 0.429. The van der Waals surface area contributed by atoms with E-state index in [1.165, 1.54) is 16.7 Å². The van der Waals surface area contributed by atoms with E-state index in [1.54, 1.807) is 0 Å². The average Bonchev–Trinajstić information content (AvgIpc) is 2.30. The highest BCUT2D eigenvalue weighted by Crippen LogP contribution is 2.38. The van der Waals surface area contributed by atoms with E-state index in [1.807, 2.05) is 0 Å². The minimum Gasteiger partial charge on any atom is -0.0793 e. The maximum atomic E-state index is 3.60. The summed E-state index contributed by atoms with van der Waals surface area (Å²) in [6.45, 7) is 2.15. The lowest BCUT2D eigenvalue weighted by Crippen LogP contribution is -1.82. The summed E-state index contributed by atoms with van der Waals surface area (Å²) in [5.41, 5.74) is 4.15. The third-order valence-corrected chi connectivity index (χ3v) is 2.84. The van der Waals surface area contributed by atoms with Crippen LogP contribution in [0.1, 0.15) is 22.9 Å². The first-order chi connectivity index (χ1) is 5.29. The number of allylic oxidation sites excluding steroid dienone is 2. The Morgan fingerprint density at radius 3 is 2.73 bits per heavy atom. The Hall–Kier alpha value is -0.560. The van der Waals surface area contributed by atoms with Crippen LogP contribution in [-0.2, 0) is 0 Å². The molecule has 0 N–H and O–H groups in total. The van der Waals surface area contributed by atoms with Crippen LogP contribution >= 0.6 is 15.9 Å². The Morgan fingerprint density at radius 2 is 2.00 bits per heavy atom. The van der Waals surface area contributed by atoms with Crippen molar-refractivity contribution in [2.75, 3.05) is 0 Å². The molecule has 0 saturated carbocycles. The number of halogens is 1. The fourth-order valence-electron chi connectivity index (χ4n) is 1.50. The molecule has 1 atom stereocenters. The zero-order chi connectivity index (χ0) is 7.84. The van der Waals surface area contributed by atoms with E-state index < -0.39 is 0 Å². The van der Waals surface area contributed by atoms with Gasteiger partial charge >= 0.3 is 0 Å². The van der Waals surface area contributed by atoms with Crippen LogP contribution in [0.3, 0.4) is 0 Å². The molecule has 1 heteroatoms. The van der Waals surface area contributed by atoms with Gasteiger partial charge in [0.05, 0.1) is 4.83 Å². The second-order valence-electron chi connectivity index (χ2n) is 2.84. The minimum absolute atomic E-state index is 0.429. The number of benzene rings is 1. The number of rotatable bonds is 0. The van der Waals surface area contributed by atoms with E-state index in [0.29, 0.717) is 4.83 Å². The van der Waals surface area contributed by atoms with E-state index in [0.717, 1.165) is 0 Å². The molecule has 1 aliphatic carbocycles. The number of fused-ring (bicyclic) bond motifs is 1. The Labute approximate surface area is 75.1 Å². The van der Waals surface area contributed by atoms with Crippen molar-refractivity contribution in [1.29, 1.82) is 0 Å². The minimum atomic E-state index is 0.429. The van der Waals surface area contributed by atoms with Crippen molar-refractivity contribution in [3.63, 3.8) is 0 Å². The lowest BCUT2D eigenvalue weighted by atomic mass is 10.1. The molecule has 2 rings (SSSR count). The molecule has 0 fully saturated rings. The summed E-state index contributed by atoms with van der Waals surface area (Å²) in [5.74, 6) is 0. The zero-order valence-electron chi connectivity index (χ0n) is 6.34. The standard InChI is InChI=1S/C10H9Br/c1-7-6-10(11)9-5-3-2-4-8(7)9/h2-6,10H,1H3. The summed E-state index contributed by atoms with van der Waals surface area (Å²) in [7, 11) is 0. The number of hydrogen-bond acceptors (Lipinski definition) is 0. The van der Waals surface area contributed by atoms with Gasteiger partial charge in [0.25, 0.3) is 0 Å². The van der Waals surface area contributed by atoms with Crippen LogP contribution in [0.4, 0.5) is 0 Å². The molecule has 0 bridgehead atoms. The van der Waals surface area contributed by atoms with E-state index >= 15 is 0 Å². The van der Waals surface area contributed by atoms with Crippen molar-refractivity contribution in [3.05, 3.63) is 41.5 Å². The van der Waals surface area contributed by atoms with Gasteiger partial charge < -0.3 is 0 Å². The van der Waals surface area contributed by atoms with Gasteiger partial charge in [-0.05, 0) is 23.6 Å². The summed E-state index contributed by atoms with van der Waals surface area (Å²) in [6.07, 6.45) is 2.24. The van der Waals surface area contributed by atoms with Crippen molar-refractivity contribution in [2.45, 2.75) is 11.8 Å². The Bertz CT molecular complexity index is 312. The highest BCUT2D eigenvalue weighted by molar-refractivity contribution is 9.09. The van der Waals surface area contributed by atoms with Gasteiger partial charge in [0, 0.05) is 0 Å². The molecule has 0 amide bonds. The van der Waals surface area contributed by atoms with Gasteiger partial charge in [0.2, 0.25) is 0 Å². The molecule has 0 heterocycles. The van der Waals surface area contributed by atoms with Crippen LogP contribution in [0, 0.1) is 0 Å². The number of hydrogen-bond donors (Lipinski definition) is 0. The first-order valence-electron chi connectivity index (χ1n) is 3.71. The lowest BCUT2D eigenvalue weighted by Gasteiger charge is -2.01. The normalized spacial score (nSPS) is 21.3. The largest absolute Gasteiger partial charge is 0.0793 e. The zero-order valence-corrected chi connectivity index (χ0v) is 7.93. The van der Waals surface area contributed by atoms with Crippen molar-refractivity contribution in [1.82, 2.24) is 0 Å². The maximum absolute atomic E-state index is 3.60. The summed E-state index contributed by atoms with van der Waals surface area (Å²) >= 11 is 3.60. The summed E-state index contributed by atoms with van der Waals surface area (Å²) in [5, 5.41) is 0. The van der Waals surface area contributed by atoms with Gasteiger partial charge in [0.1, 0.15) is 0 Å². The molecule has 0 aliphatic heterocycles. The fourth-order valence-corrected chi connectivity index (χ4v) is 2.29. The molecule has 1 aromatic carbocycles. The average molecular weight is 209 g/mol. The van der Waals surface area contributed by atoms with Crippen molar-refractivity contribution in [3.8, 4) is 0 Å². The molecule has 56 valence electrons. The molecule has 0 radical (unpaired) electrons. The van der Waals surface area contributed by atoms with E-state index in [4.69, 9.17) is 0 Å². The first kappa shape index (κ1) is 7.11. The molecule has 0 saturated heterocycles. The van der Waals surface area contributed by atoms with E-state index in [-0.39, 0.29) is 0 Å². The van der Waals surface area contributed by atoms with Crippen molar-refractivity contribution >= 4 is 21.5 Å². The second kappa shape index (κ2) is 2.49. The highest BCUT2D eigenvalue weighted by atomic mass is 79.9. The third-order valence-electron chi connectivity index (χ3n) is 2.08.